The number of hydrogen-bond donors (Lipinski definition) is 1. The molecule has 2 unspecified atom stereocenters. The molecule has 6 heteroatoms. The highest BCUT2D eigenvalue weighted by atomic mass is 32.2. The second kappa shape index (κ2) is 7.64. The molecule has 2 aliphatic heterocycles. The Hall–Kier alpha value is -1.11. The lowest BCUT2D eigenvalue weighted by molar-refractivity contribution is -0.136. The van der Waals surface area contributed by atoms with Gasteiger partial charge in [0.05, 0.1) is 12.1 Å². The van der Waals surface area contributed by atoms with Gasteiger partial charge in [-0.1, -0.05) is 18.2 Å². The third kappa shape index (κ3) is 3.87. The zero-order chi connectivity index (χ0) is 16.2. The van der Waals surface area contributed by atoms with Crippen LogP contribution < -0.4 is 0 Å². The van der Waals surface area contributed by atoms with Gasteiger partial charge in [0.1, 0.15) is 5.82 Å². The van der Waals surface area contributed by atoms with E-state index in [9.17, 15) is 14.3 Å². The van der Waals surface area contributed by atoms with Gasteiger partial charge in [0.15, 0.2) is 0 Å². The van der Waals surface area contributed by atoms with E-state index in [0.29, 0.717) is 12.1 Å². The summed E-state index contributed by atoms with van der Waals surface area (Å²) in [7, 11) is 0. The fourth-order valence-electron chi connectivity index (χ4n) is 3.38. The first-order chi connectivity index (χ1) is 11.2. The molecule has 1 aromatic rings. The molecule has 0 spiro atoms. The normalized spacial score (nSPS) is 23.9. The van der Waals surface area contributed by atoms with Crippen LogP contribution in [0.2, 0.25) is 0 Å². The predicted octanol–water partition coefficient (Wildman–Crippen LogP) is 1.90. The largest absolute Gasteiger partial charge is 0.387 e. The van der Waals surface area contributed by atoms with Gasteiger partial charge >= 0.3 is 0 Å². The fourth-order valence-corrected chi connectivity index (χ4v) is 4.29. The van der Waals surface area contributed by atoms with E-state index in [2.05, 4.69) is 0 Å². The van der Waals surface area contributed by atoms with Crippen LogP contribution in [0, 0.1) is 5.82 Å². The number of rotatable bonds is 4. The SMILES string of the molecule is O=C(C1CCCN1CC(O)c1ccccc1F)N1CCSCC1. The minimum absolute atomic E-state index is 0.167. The lowest BCUT2D eigenvalue weighted by atomic mass is 10.1. The average Bonchev–Trinajstić information content (AvgIpc) is 3.03. The third-order valence-electron chi connectivity index (χ3n) is 4.64. The van der Waals surface area contributed by atoms with Crippen LogP contribution in [0.25, 0.3) is 0 Å². The average molecular weight is 338 g/mol. The lowest BCUT2D eigenvalue weighted by Crippen LogP contribution is -2.49. The number of thioether (sulfide) groups is 1. The number of benzene rings is 1. The Morgan fingerprint density at radius 2 is 2.04 bits per heavy atom. The second-order valence-corrected chi connectivity index (χ2v) is 7.35. The van der Waals surface area contributed by atoms with E-state index in [0.717, 1.165) is 44.0 Å². The summed E-state index contributed by atoms with van der Waals surface area (Å²) in [4.78, 5) is 16.7. The van der Waals surface area contributed by atoms with E-state index >= 15 is 0 Å². The van der Waals surface area contributed by atoms with E-state index in [1.165, 1.54) is 6.07 Å². The molecule has 0 radical (unpaired) electrons. The zero-order valence-electron chi connectivity index (χ0n) is 13.2. The molecule has 1 amide bonds. The molecule has 2 atom stereocenters. The molecule has 2 heterocycles. The van der Waals surface area contributed by atoms with Crippen molar-refractivity contribution >= 4 is 17.7 Å². The van der Waals surface area contributed by atoms with Crippen molar-refractivity contribution in [3.8, 4) is 0 Å². The summed E-state index contributed by atoms with van der Waals surface area (Å²) >= 11 is 1.88. The Morgan fingerprint density at radius 1 is 1.30 bits per heavy atom. The summed E-state index contributed by atoms with van der Waals surface area (Å²) in [6.07, 6.45) is 0.872. The molecule has 1 N–H and O–H groups in total. The van der Waals surface area contributed by atoms with Crippen molar-refractivity contribution in [1.29, 1.82) is 0 Å². The summed E-state index contributed by atoms with van der Waals surface area (Å²) in [5.41, 5.74) is 0.306. The molecule has 2 fully saturated rings. The minimum atomic E-state index is -0.901. The monoisotopic (exact) mass is 338 g/mol. The highest BCUT2D eigenvalue weighted by Gasteiger charge is 2.35. The molecule has 126 valence electrons. The maximum absolute atomic E-state index is 13.8. The van der Waals surface area contributed by atoms with Crippen molar-refractivity contribution in [2.24, 2.45) is 0 Å². The summed E-state index contributed by atoms with van der Waals surface area (Å²) in [5.74, 6) is 1.77. The van der Waals surface area contributed by atoms with Gasteiger partial charge in [0.2, 0.25) is 5.91 Å². The Bertz CT molecular complexity index is 551. The molecule has 0 saturated carbocycles. The molecule has 2 saturated heterocycles. The van der Waals surface area contributed by atoms with Crippen LogP contribution in [-0.4, -0.2) is 64.5 Å². The quantitative estimate of drug-likeness (QED) is 0.911. The number of halogens is 1. The van der Waals surface area contributed by atoms with Gasteiger partial charge in [-0.05, 0) is 25.5 Å². The van der Waals surface area contributed by atoms with Crippen LogP contribution in [0.15, 0.2) is 24.3 Å². The van der Waals surface area contributed by atoms with Crippen LogP contribution in [0.5, 0.6) is 0 Å². The number of nitrogens with zero attached hydrogens (tertiary/aromatic N) is 2. The molecular weight excluding hydrogens is 315 g/mol. The van der Waals surface area contributed by atoms with Crippen LogP contribution >= 0.6 is 11.8 Å². The molecule has 0 aliphatic carbocycles. The Balaban J connectivity index is 1.64. The highest BCUT2D eigenvalue weighted by molar-refractivity contribution is 7.99. The first-order valence-electron chi connectivity index (χ1n) is 8.20. The molecule has 3 rings (SSSR count). The van der Waals surface area contributed by atoms with Gasteiger partial charge in [-0.15, -0.1) is 0 Å². The standard InChI is InChI=1S/C17H23FN2O2S/c18-14-5-2-1-4-13(14)16(21)12-20-7-3-6-15(20)17(22)19-8-10-23-11-9-19/h1-2,4-5,15-16,21H,3,6-12H2. The number of β-amino-alcohol motifs (C(OH)–C–C–N with tert-alkyl or cyclic N) is 1. The van der Waals surface area contributed by atoms with Gasteiger partial charge in [0.25, 0.3) is 0 Å². The van der Waals surface area contributed by atoms with Gasteiger partial charge in [-0.2, -0.15) is 11.8 Å². The highest BCUT2D eigenvalue weighted by Crippen LogP contribution is 2.25. The molecule has 23 heavy (non-hydrogen) atoms. The van der Waals surface area contributed by atoms with Crippen LogP contribution in [0.3, 0.4) is 0 Å². The van der Waals surface area contributed by atoms with Crippen LogP contribution in [0.4, 0.5) is 4.39 Å². The number of carbonyl (C=O) groups excluding carboxylic acids is 1. The maximum Gasteiger partial charge on any atom is 0.239 e. The molecule has 2 aliphatic rings. The van der Waals surface area contributed by atoms with Gasteiger partial charge in [0, 0.05) is 36.7 Å². The number of hydrogen-bond acceptors (Lipinski definition) is 4. The van der Waals surface area contributed by atoms with Crippen LogP contribution in [-0.2, 0) is 4.79 Å². The van der Waals surface area contributed by atoms with Crippen LogP contribution in [0.1, 0.15) is 24.5 Å². The predicted molar refractivity (Wildman–Crippen MR) is 89.9 cm³/mol. The van der Waals surface area contributed by atoms with Crippen molar-refractivity contribution in [1.82, 2.24) is 9.80 Å². The van der Waals surface area contributed by atoms with Crippen molar-refractivity contribution in [3.05, 3.63) is 35.6 Å². The first-order valence-corrected chi connectivity index (χ1v) is 9.35. The Morgan fingerprint density at radius 3 is 2.78 bits per heavy atom. The van der Waals surface area contributed by atoms with E-state index in [1.807, 2.05) is 21.6 Å². The molecule has 0 aromatic heterocycles. The fraction of sp³-hybridized carbons (Fsp3) is 0.588. The Kier molecular flexibility index (Phi) is 5.56. The minimum Gasteiger partial charge on any atom is -0.387 e. The van der Waals surface area contributed by atoms with Crippen molar-refractivity contribution in [2.75, 3.05) is 37.7 Å². The molecule has 0 bridgehead atoms. The molecule has 1 aromatic carbocycles. The number of amides is 1. The lowest BCUT2D eigenvalue weighted by Gasteiger charge is -2.33. The topological polar surface area (TPSA) is 43.8 Å². The first kappa shape index (κ1) is 16.7. The summed E-state index contributed by atoms with van der Waals surface area (Å²) in [6, 6.07) is 6.13. The van der Waals surface area contributed by atoms with Crippen molar-refractivity contribution in [2.45, 2.75) is 25.0 Å². The maximum atomic E-state index is 13.8. The van der Waals surface area contributed by atoms with E-state index < -0.39 is 11.9 Å². The zero-order valence-corrected chi connectivity index (χ0v) is 14.0. The third-order valence-corrected chi connectivity index (χ3v) is 5.59. The van der Waals surface area contributed by atoms with Crippen molar-refractivity contribution < 1.29 is 14.3 Å². The number of likely N-dealkylation sites (tertiary alicyclic amines) is 1. The number of aliphatic hydroxyl groups excluding tert-OH is 1. The van der Waals surface area contributed by atoms with E-state index in [4.69, 9.17) is 0 Å². The van der Waals surface area contributed by atoms with Gasteiger partial charge < -0.3 is 10.0 Å². The van der Waals surface area contributed by atoms with Crippen molar-refractivity contribution in [3.63, 3.8) is 0 Å². The smallest absolute Gasteiger partial charge is 0.239 e. The molecular formula is C17H23FN2O2S. The second-order valence-electron chi connectivity index (χ2n) is 6.13. The van der Waals surface area contributed by atoms with E-state index in [1.54, 1.807) is 18.2 Å². The molecule has 4 nitrogen and oxygen atoms in total. The summed E-state index contributed by atoms with van der Waals surface area (Å²) in [5, 5.41) is 10.4. The number of carbonyl (C=O) groups is 1. The van der Waals surface area contributed by atoms with Gasteiger partial charge in [-0.25, -0.2) is 4.39 Å². The van der Waals surface area contributed by atoms with E-state index in [-0.39, 0.29) is 11.9 Å². The Labute approximate surface area is 140 Å². The number of aliphatic hydroxyl groups is 1. The summed E-state index contributed by atoms with van der Waals surface area (Å²) < 4.78 is 13.8. The van der Waals surface area contributed by atoms with Gasteiger partial charge in [-0.3, -0.25) is 9.69 Å². The summed E-state index contributed by atoms with van der Waals surface area (Å²) in [6.45, 7) is 2.71.